The molecule has 8 heteroatoms. The van der Waals surface area contributed by atoms with Crippen molar-refractivity contribution in [3.8, 4) is 0 Å². The quantitative estimate of drug-likeness (QED) is 0.844. The second kappa shape index (κ2) is 5.61. The van der Waals surface area contributed by atoms with Crippen LogP contribution in [0.25, 0.3) is 0 Å². The third-order valence-electron chi connectivity index (χ3n) is 3.17. The van der Waals surface area contributed by atoms with E-state index in [1.54, 1.807) is 43.2 Å². The maximum Gasteiger partial charge on any atom is 0.268 e. The SMILES string of the molecule is Cn1cc(Cl)cc1C(=O)N[C@@](C)(Cn1cccn1)C(N)=O. The summed E-state index contributed by atoms with van der Waals surface area (Å²) >= 11 is 5.85. The molecule has 0 aliphatic carbocycles. The number of hydrogen-bond donors (Lipinski definition) is 2. The molecule has 2 heterocycles. The first kappa shape index (κ1) is 15.1. The van der Waals surface area contributed by atoms with Crippen LogP contribution in [0, 0.1) is 0 Å². The van der Waals surface area contributed by atoms with Gasteiger partial charge in [-0.3, -0.25) is 14.3 Å². The fourth-order valence-electron chi connectivity index (χ4n) is 1.96. The van der Waals surface area contributed by atoms with Crippen LogP contribution in [-0.2, 0) is 18.4 Å². The first-order chi connectivity index (χ1) is 9.82. The molecule has 7 nitrogen and oxygen atoms in total. The molecule has 0 bridgehead atoms. The van der Waals surface area contributed by atoms with E-state index in [0.29, 0.717) is 10.7 Å². The Morgan fingerprint density at radius 2 is 2.24 bits per heavy atom. The Morgan fingerprint density at radius 3 is 2.71 bits per heavy atom. The van der Waals surface area contributed by atoms with Gasteiger partial charge in [0.2, 0.25) is 5.91 Å². The maximum absolute atomic E-state index is 12.3. The number of aryl methyl sites for hydroxylation is 1. The first-order valence-electron chi connectivity index (χ1n) is 6.23. The zero-order valence-electron chi connectivity index (χ0n) is 11.7. The lowest BCUT2D eigenvalue weighted by Gasteiger charge is -2.27. The van der Waals surface area contributed by atoms with Gasteiger partial charge in [-0.25, -0.2) is 0 Å². The predicted molar refractivity (Wildman–Crippen MR) is 77.7 cm³/mol. The molecule has 2 aromatic heterocycles. The molecule has 2 aromatic rings. The number of carbonyl (C=O) groups is 2. The number of nitrogens with zero attached hydrogens (tertiary/aromatic N) is 3. The highest BCUT2D eigenvalue weighted by Crippen LogP contribution is 2.14. The molecule has 0 aromatic carbocycles. The number of halogens is 1. The summed E-state index contributed by atoms with van der Waals surface area (Å²) < 4.78 is 3.11. The van der Waals surface area contributed by atoms with Gasteiger partial charge in [-0.2, -0.15) is 5.10 Å². The zero-order valence-corrected chi connectivity index (χ0v) is 12.5. The van der Waals surface area contributed by atoms with Gasteiger partial charge >= 0.3 is 0 Å². The molecule has 112 valence electrons. The third-order valence-corrected chi connectivity index (χ3v) is 3.38. The molecule has 0 spiro atoms. The van der Waals surface area contributed by atoms with Crippen LogP contribution in [0.4, 0.5) is 0 Å². The lowest BCUT2D eigenvalue weighted by molar-refractivity contribution is -0.124. The van der Waals surface area contributed by atoms with E-state index in [2.05, 4.69) is 10.4 Å². The molecule has 0 saturated carbocycles. The molecule has 0 saturated heterocycles. The Balaban J connectivity index is 2.21. The second-order valence-electron chi connectivity index (χ2n) is 5.01. The van der Waals surface area contributed by atoms with Crippen LogP contribution in [0.5, 0.6) is 0 Å². The summed E-state index contributed by atoms with van der Waals surface area (Å²) in [7, 11) is 1.69. The molecule has 0 radical (unpaired) electrons. The molecule has 2 rings (SSSR count). The number of nitrogens with two attached hydrogens (primary N) is 1. The van der Waals surface area contributed by atoms with E-state index in [1.807, 2.05) is 0 Å². The van der Waals surface area contributed by atoms with Gasteiger partial charge in [0.25, 0.3) is 5.91 Å². The standard InChI is InChI=1S/C13H16ClN5O2/c1-13(12(15)21,8-19-5-3-4-16-19)17-11(20)10-6-9(14)7-18(10)2/h3-7H,8H2,1-2H3,(H2,15,21)(H,17,20)/t13-/m0/s1. The fraction of sp³-hybridized carbons (Fsp3) is 0.308. The van der Waals surface area contributed by atoms with Crippen molar-refractivity contribution < 1.29 is 9.59 Å². The summed E-state index contributed by atoms with van der Waals surface area (Å²) in [6, 6.07) is 3.24. The normalized spacial score (nSPS) is 13.7. The molecule has 0 aliphatic rings. The first-order valence-corrected chi connectivity index (χ1v) is 6.61. The van der Waals surface area contributed by atoms with Crippen LogP contribution in [-0.4, -0.2) is 31.7 Å². The van der Waals surface area contributed by atoms with Gasteiger partial charge in [0.05, 0.1) is 11.6 Å². The van der Waals surface area contributed by atoms with Gasteiger partial charge in [0.15, 0.2) is 0 Å². The van der Waals surface area contributed by atoms with Crippen molar-refractivity contribution in [2.45, 2.75) is 19.0 Å². The molecule has 0 fully saturated rings. The van der Waals surface area contributed by atoms with Crippen molar-refractivity contribution in [1.29, 1.82) is 0 Å². The Kier molecular flexibility index (Phi) is 4.04. The maximum atomic E-state index is 12.3. The van der Waals surface area contributed by atoms with Gasteiger partial charge in [0, 0.05) is 25.6 Å². The van der Waals surface area contributed by atoms with Crippen LogP contribution in [0.3, 0.4) is 0 Å². The topological polar surface area (TPSA) is 94.9 Å². The molecular weight excluding hydrogens is 294 g/mol. The average Bonchev–Trinajstić information content (AvgIpc) is 2.98. The minimum absolute atomic E-state index is 0.138. The Morgan fingerprint density at radius 1 is 1.52 bits per heavy atom. The van der Waals surface area contributed by atoms with Gasteiger partial charge in [-0.05, 0) is 19.1 Å². The van der Waals surface area contributed by atoms with Crippen LogP contribution in [0.1, 0.15) is 17.4 Å². The zero-order chi connectivity index (χ0) is 15.6. The van der Waals surface area contributed by atoms with E-state index >= 15 is 0 Å². The Bertz CT molecular complexity index is 664. The molecular formula is C13H16ClN5O2. The third kappa shape index (κ3) is 3.25. The van der Waals surface area contributed by atoms with Gasteiger partial charge < -0.3 is 15.6 Å². The van der Waals surface area contributed by atoms with E-state index in [-0.39, 0.29) is 6.54 Å². The Labute approximate surface area is 126 Å². The van der Waals surface area contributed by atoms with Crippen molar-refractivity contribution in [1.82, 2.24) is 19.7 Å². The van der Waals surface area contributed by atoms with Crippen molar-refractivity contribution in [2.75, 3.05) is 0 Å². The summed E-state index contributed by atoms with van der Waals surface area (Å²) in [4.78, 5) is 24.0. The number of hydrogen-bond acceptors (Lipinski definition) is 3. The molecule has 0 unspecified atom stereocenters. The lowest BCUT2D eigenvalue weighted by Crippen LogP contribution is -2.58. The summed E-state index contributed by atoms with van der Waals surface area (Å²) in [6.45, 7) is 1.69. The predicted octanol–water partition coefficient (Wildman–Crippen LogP) is 0.549. The smallest absolute Gasteiger partial charge is 0.268 e. The van der Waals surface area contributed by atoms with E-state index < -0.39 is 17.4 Å². The number of primary amides is 1. The minimum atomic E-state index is -1.26. The number of nitrogens with one attached hydrogen (secondary N) is 1. The lowest BCUT2D eigenvalue weighted by atomic mass is 10.0. The molecule has 0 aliphatic heterocycles. The second-order valence-corrected chi connectivity index (χ2v) is 5.45. The monoisotopic (exact) mass is 309 g/mol. The van der Waals surface area contributed by atoms with E-state index in [9.17, 15) is 9.59 Å². The van der Waals surface area contributed by atoms with Crippen molar-refractivity contribution in [3.63, 3.8) is 0 Å². The number of carbonyl (C=O) groups excluding carboxylic acids is 2. The summed E-state index contributed by atoms with van der Waals surface area (Å²) in [6.07, 6.45) is 4.87. The minimum Gasteiger partial charge on any atom is -0.368 e. The molecule has 2 amide bonds. The average molecular weight is 310 g/mol. The van der Waals surface area contributed by atoms with Crippen LogP contribution >= 0.6 is 11.6 Å². The summed E-state index contributed by atoms with van der Waals surface area (Å²) in [5.74, 6) is -1.08. The van der Waals surface area contributed by atoms with Crippen molar-refractivity contribution in [3.05, 3.63) is 41.4 Å². The fourth-order valence-corrected chi connectivity index (χ4v) is 2.21. The summed E-state index contributed by atoms with van der Waals surface area (Å²) in [5.41, 5.74) is 4.51. The number of aromatic nitrogens is 3. The van der Waals surface area contributed by atoms with Crippen LogP contribution in [0.2, 0.25) is 5.02 Å². The number of amides is 2. The van der Waals surface area contributed by atoms with Gasteiger partial charge in [-0.1, -0.05) is 11.6 Å². The van der Waals surface area contributed by atoms with Gasteiger partial charge in [-0.15, -0.1) is 0 Å². The highest BCUT2D eigenvalue weighted by Gasteiger charge is 2.34. The van der Waals surface area contributed by atoms with Crippen LogP contribution in [0.15, 0.2) is 30.7 Å². The van der Waals surface area contributed by atoms with E-state index in [4.69, 9.17) is 17.3 Å². The highest BCUT2D eigenvalue weighted by atomic mass is 35.5. The van der Waals surface area contributed by atoms with Crippen molar-refractivity contribution in [2.24, 2.45) is 12.8 Å². The van der Waals surface area contributed by atoms with Crippen LogP contribution < -0.4 is 11.1 Å². The summed E-state index contributed by atoms with van der Waals surface area (Å²) in [5, 5.41) is 7.10. The number of rotatable bonds is 5. The molecule has 21 heavy (non-hydrogen) atoms. The highest BCUT2D eigenvalue weighted by molar-refractivity contribution is 6.31. The largest absolute Gasteiger partial charge is 0.368 e. The van der Waals surface area contributed by atoms with E-state index in [0.717, 1.165) is 0 Å². The molecule has 1 atom stereocenters. The van der Waals surface area contributed by atoms with Crippen molar-refractivity contribution >= 4 is 23.4 Å². The Hall–Kier alpha value is -2.28. The van der Waals surface area contributed by atoms with E-state index in [1.165, 1.54) is 10.7 Å². The van der Waals surface area contributed by atoms with Gasteiger partial charge in [0.1, 0.15) is 11.2 Å². The molecule has 3 N–H and O–H groups in total.